The number of aromatic nitrogens is 1. The maximum atomic E-state index is 15.1. The summed E-state index contributed by atoms with van der Waals surface area (Å²) in [5, 5.41) is 14.9. The van der Waals surface area contributed by atoms with Crippen molar-refractivity contribution in [3.63, 3.8) is 0 Å². The Balaban J connectivity index is 1.40. The van der Waals surface area contributed by atoms with Gasteiger partial charge in [-0.1, -0.05) is 44.2 Å². The first kappa shape index (κ1) is 41.2. The number of hydrogen-bond acceptors (Lipinski definition) is 9. The van der Waals surface area contributed by atoms with E-state index in [2.05, 4.69) is 15.0 Å². The Morgan fingerprint density at radius 1 is 1.16 bits per heavy atom. The Labute approximate surface area is 327 Å². The number of ether oxygens (including phenoxy) is 2. The Bertz CT molecular complexity index is 2000. The second-order valence-corrected chi connectivity index (χ2v) is 19.1. The van der Waals surface area contributed by atoms with Gasteiger partial charge >= 0.3 is 6.09 Å². The lowest BCUT2D eigenvalue weighted by atomic mass is 9.85. The number of carboxylic acid groups (broad SMARTS) is 1. The molecule has 2 aromatic rings. The summed E-state index contributed by atoms with van der Waals surface area (Å²) < 4.78 is 52.9. The van der Waals surface area contributed by atoms with Crippen molar-refractivity contribution in [1.29, 1.82) is 0 Å². The summed E-state index contributed by atoms with van der Waals surface area (Å²) in [6.45, 7) is 9.95. The van der Waals surface area contributed by atoms with Crippen LogP contribution in [0.3, 0.4) is 0 Å². The number of benzene rings is 1. The van der Waals surface area contributed by atoms with Gasteiger partial charge in [0.1, 0.15) is 35.1 Å². The summed E-state index contributed by atoms with van der Waals surface area (Å²) in [7, 11) is -4.40. The van der Waals surface area contributed by atoms with E-state index in [-0.39, 0.29) is 44.0 Å². The lowest BCUT2D eigenvalue weighted by Gasteiger charge is -2.43. The van der Waals surface area contributed by atoms with Gasteiger partial charge in [-0.3, -0.25) is 24.0 Å². The van der Waals surface area contributed by atoms with Gasteiger partial charge in [0, 0.05) is 29.3 Å². The Hall–Kier alpha value is -4.47. The number of nitrogens with zero attached hydrogens (tertiary/aromatic N) is 3. The van der Waals surface area contributed by atoms with Crippen LogP contribution < -0.4 is 19.5 Å². The number of carbonyl (C=O) groups excluding carboxylic acids is 3. The SMILES string of the molecule is CCOc1cc2ccccc2c(O[C@@H]2C[C@H]3C(=O)N[C@]4(C(=O)NS(=O)(=O)C5(CF)CC5)C[C@H]4/C=C\CC[C@H](C)C[C@@H](C)[C@H](N(C(=O)O)C(C)(C)C)C(=O)N3C2)n1. The molecule has 0 unspecified atom stereocenters. The minimum atomic E-state index is -4.40. The van der Waals surface area contributed by atoms with Gasteiger partial charge in [-0.2, -0.15) is 4.98 Å². The molecule has 0 radical (unpaired) electrons. The van der Waals surface area contributed by atoms with Crippen molar-refractivity contribution < 1.29 is 46.6 Å². The maximum absolute atomic E-state index is 15.1. The smallest absolute Gasteiger partial charge is 0.408 e. The van der Waals surface area contributed by atoms with Gasteiger partial charge in [0.15, 0.2) is 0 Å². The molecule has 3 fully saturated rings. The molecule has 6 rings (SSSR count). The van der Waals surface area contributed by atoms with E-state index in [1.54, 1.807) is 32.9 Å². The van der Waals surface area contributed by atoms with Crippen molar-refractivity contribution >= 4 is 44.6 Å². The molecule has 0 bridgehead atoms. The topological polar surface area (TPSA) is 185 Å². The Morgan fingerprint density at radius 3 is 2.52 bits per heavy atom. The molecule has 14 nitrogen and oxygen atoms in total. The molecule has 1 aromatic carbocycles. The summed E-state index contributed by atoms with van der Waals surface area (Å²) in [6.07, 6.45) is 3.60. The molecule has 3 N–H and O–H groups in total. The molecule has 2 saturated carbocycles. The van der Waals surface area contributed by atoms with Crippen molar-refractivity contribution in [3.8, 4) is 11.8 Å². The first-order valence-electron chi connectivity index (χ1n) is 19.5. The summed E-state index contributed by atoms with van der Waals surface area (Å²) in [4.78, 5) is 63.7. The zero-order valence-electron chi connectivity index (χ0n) is 32.9. The Kier molecular flexibility index (Phi) is 11.4. The predicted octanol–water partition coefficient (Wildman–Crippen LogP) is 4.96. The van der Waals surface area contributed by atoms with Crippen LogP contribution in [0.2, 0.25) is 0 Å². The van der Waals surface area contributed by atoms with Crippen LogP contribution in [0.5, 0.6) is 11.8 Å². The van der Waals surface area contributed by atoms with Gasteiger partial charge in [-0.05, 0) is 89.5 Å². The van der Waals surface area contributed by atoms with E-state index in [1.807, 2.05) is 51.1 Å². The monoisotopic (exact) mass is 799 g/mol. The molecule has 7 atom stereocenters. The first-order valence-corrected chi connectivity index (χ1v) is 21.0. The van der Waals surface area contributed by atoms with Crippen molar-refractivity contribution in [2.45, 2.75) is 121 Å². The quantitative estimate of drug-likeness (QED) is 0.293. The van der Waals surface area contributed by atoms with Crippen LogP contribution in [0.4, 0.5) is 9.18 Å². The van der Waals surface area contributed by atoms with Crippen LogP contribution in [0.25, 0.3) is 10.8 Å². The standard InChI is InChI=1S/C40H54FN5O9S/c1-7-54-31-19-26-13-9-11-15-29(26)34(42-31)55-28-20-30-33(47)43-40(36(49)44-56(52,53)39(23-41)16-17-39)21-27(40)14-10-8-12-24(2)18-25(3)32(35(48)45(30)22-28)46(37(50)51)38(4,5)6/h9-11,13-15,19,24-25,27-28,30,32H,7-8,12,16-18,20-23H2,1-6H3,(H,43,47)(H,44,49)(H,50,51)/b14-10-/t24-,25+,27+,28+,30-,32-,40+/m0/s1. The van der Waals surface area contributed by atoms with Crippen LogP contribution in [0, 0.1) is 17.8 Å². The van der Waals surface area contributed by atoms with E-state index in [4.69, 9.17) is 9.47 Å². The van der Waals surface area contributed by atoms with Gasteiger partial charge in [0.05, 0.1) is 13.2 Å². The van der Waals surface area contributed by atoms with E-state index in [0.717, 1.165) is 10.3 Å². The third kappa shape index (κ3) is 8.03. The molecule has 16 heteroatoms. The Morgan fingerprint density at radius 2 is 1.88 bits per heavy atom. The normalized spacial score (nSPS) is 29.8. The van der Waals surface area contributed by atoms with E-state index in [0.29, 0.717) is 37.1 Å². The average molecular weight is 800 g/mol. The molecular weight excluding hydrogens is 746 g/mol. The number of allylic oxidation sites excluding steroid dienone is 1. The van der Waals surface area contributed by atoms with Crippen LogP contribution in [-0.4, -0.2) is 106 Å². The van der Waals surface area contributed by atoms with Crippen LogP contribution in [0.1, 0.15) is 86.5 Å². The molecule has 4 amide bonds. The number of amides is 4. The fourth-order valence-corrected chi connectivity index (χ4v) is 9.76. The summed E-state index contributed by atoms with van der Waals surface area (Å²) in [5.74, 6) is -2.69. The zero-order valence-corrected chi connectivity index (χ0v) is 33.7. The molecule has 56 heavy (non-hydrogen) atoms. The van der Waals surface area contributed by atoms with Crippen LogP contribution in [-0.2, 0) is 24.4 Å². The fraction of sp³-hybridized carbons (Fsp3) is 0.625. The number of rotatable bonds is 9. The third-order valence-electron chi connectivity index (χ3n) is 11.7. The van der Waals surface area contributed by atoms with Crippen molar-refractivity contribution in [1.82, 2.24) is 24.8 Å². The maximum Gasteiger partial charge on any atom is 0.408 e. The number of pyridine rings is 1. The summed E-state index contributed by atoms with van der Waals surface area (Å²) >= 11 is 0. The molecule has 4 aliphatic rings. The number of halogens is 1. The van der Waals surface area contributed by atoms with Crippen molar-refractivity contribution in [3.05, 3.63) is 42.5 Å². The molecular formula is C40H54FN5O9S. The van der Waals surface area contributed by atoms with E-state index in [1.165, 1.54) is 4.90 Å². The lowest BCUT2D eigenvalue weighted by molar-refractivity contribution is -0.146. The number of sulfonamides is 1. The van der Waals surface area contributed by atoms with Gasteiger partial charge < -0.3 is 24.8 Å². The lowest BCUT2D eigenvalue weighted by Crippen LogP contribution is -2.62. The minimum absolute atomic E-state index is 0.0476. The third-order valence-corrected chi connectivity index (χ3v) is 13.8. The van der Waals surface area contributed by atoms with Crippen LogP contribution >= 0.6 is 0 Å². The second-order valence-electron chi connectivity index (χ2n) is 17.0. The number of nitrogens with one attached hydrogen (secondary N) is 2. The highest BCUT2D eigenvalue weighted by Crippen LogP contribution is 2.48. The van der Waals surface area contributed by atoms with Gasteiger partial charge in [-0.25, -0.2) is 17.6 Å². The first-order chi connectivity index (χ1) is 26.4. The number of fused-ring (bicyclic) bond motifs is 3. The predicted molar refractivity (Wildman–Crippen MR) is 206 cm³/mol. The largest absolute Gasteiger partial charge is 0.478 e. The molecule has 3 heterocycles. The molecule has 306 valence electrons. The van der Waals surface area contributed by atoms with Crippen molar-refractivity contribution in [2.75, 3.05) is 19.8 Å². The minimum Gasteiger partial charge on any atom is -0.478 e. The van der Waals surface area contributed by atoms with Gasteiger partial charge in [-0.15, -0.1) is 0 Å². The van der Waals surface area contributed by atoms with E-state index >= 15 is 4.79 Å². The van der Waals surface area contributed by atoms with E-state index in [9.17, 15) is 32.3 Å². The number of carbonyl (C=O) groups is 4. The van der Waals surface area contributed by atoms with Gasteiger partial charge in [0.25, 0.3) is 5.91 Å². The highest BCUT2D eigenvalue weighted by atomic mass is 32.2. The summed E-state index contributed by atoms with van der Waals surface area (Å²) in [5.41, 5.74) is -2.68. The number of hydrogen-bond donors (Lipinski definition) is 3. The molecule has 0 spiro atoms. The molecule has 2 aliphatic heterocycles. The fourth-order valence-electron chi connectivity index (χ4n) is 8.33. The van der Waals surface area contributed by atoms with E-state index < -0.39 is 86.4 Å². The highest BCUT2D eigenvalue weighted by Gasteiger charge is 2.64. The van der Waals surface area contributed by atoms with Gasteiger partial charge in [0.2, 0.25) is 33.6 Å². The average Bonchev–Trinajstić information content (AvgIpc) is 4.02. The van der Waals surface area contributed by atoms with Crippen LogP contribution in [0.15, 0.2) is 42.5 Å². The highest BCUT2D eigenvalue weighted by molar-refractivity contribution is 7.91. The summed E-state index contributed by atoms with van der Waals surface area (Å²) in [6, 6.07) is 6.76. The second kappa shape index (κ2) is 15.5. The van der Waals surface area contributed by atoms with Crippen molar-refractivity contribution in [2.24, 2.45) is 17.8 Å². The number of alkyl halides is 1. The molecule has 1 saturated heterocycles. The zero-order chi connectivity index (χ0) is 40.8. The molecule has 2 aliphatic carbocycles. The molecule has 1 aromatic heterocycles.